The number of ether oxygens (including phenoxy) is 4. The number of methoxy groups -OCH3 is 2. The molecule has 0 unspecified atom stereocenters. The van der Waals surface area contributed by atoms with E-state index < -0.39 is 41.3 Å². The molecule has 2 aromatic carbocycles. The van der Waals surface area contributed by atoms with E-state index in [0.29, 0.717) is 24.9 Å². The van der Waals surface area contributed by atoms with Gasteiger partial charge in [0.05, 0.1) is 19.2 Å². The highest BCUT2D eigenvalue weighted by atomic mass is 19.1. The molecule has 2 N–H and O–H groups in total. The van der Waals surface area contributed by atoms with Gasteiger partial charge in [-0.2, -0.15) is 0 Å². The average Bonchev–Trinajstić information content (AvgIpc) is 3.25. The quantitative estimate of drug-likeness (QED) is 0.241. The first-order valence-corrected chi connectivity index (χ1v) is 15.0. The maximum absolute atomic E-state index is 15.2. The zero-order valence-electron chi connectivity index (χ0n) is 27.0. The molecule has 0 spiro atoms. The van der Waals surface area contributed by atoms with Crippen LogP contribution in [-0.4, -0.2) is 85.4 Å². The van der Waals surface area contributed by atoms with Crippen molar-refractivity contribution < 1.29 is 42.5 Å². The third-order valence-corrected chi connectivity index (χ3v) is 7.33. The SMILES string of the molecule is COCOc1ccc(OC)c(F)c1C(=O)c1ccc(C(=O)N[C@@H]2CCCN(C(=O)OC(C)(C)C)C[C@H]2NC(=O)c2ccncc2)cc1. The van der Waals surface area contributed by atoms with Crippen molar-refractivity contribution in [3.8, 4) is 11.5 Å². The summed E-state index contributed by atoms with van der Waals surface area (Å²) in [5, 5.41) is 5.95. The van der Waals surface area contributed by atoms with E-state index in [4.69, 9.17) is 18.9 Å². The molecule has 0 radical (unpaired) electrons. The number of carbonyl (C=O) groups is 4. The van der Waals surface area contributed by atoms with Crippen LogP contribution in [0.5, 0.6) is 11.5 Å². The summed E-state index contributed by atoms with van der Waals surface area (Å²) in [4.78, 5) is 58.4. The van der Waals surface area contributed by atoms with Gasteiger partial charge in [-0.3, -0.25) is 19.4 Å². The third kappa shape index (κ3) is 9.03. The number of hydrogen-bond donors (Lipinski definition) is 2. The van der Waals surface area contributed by atoms with Gasteiger partial charge in [0, 0.05) is 49.3 Å². The number of nitrogens with one attached hydrogen (secondary N) is 2. The lowest BCUT2D eigenvalue weighted by atomic mass is 9.99. The molecule has 4 rings (SSSR count). The Morgan fingerprint density at radius 3 is 2.09 bits per heavy atom. The molecule has 1 aromatic heterocycles. The number of pyridine rings is 1. The van der Waals surface area contributed by atoms with Crippen LogP contribution in [0.3, 0.4) is 0 Å². The second-order valence-electron chi connectivity index (χ2n) is 11.9. The molecular weight excluding hydrogens is 611 g/mol. The number of benzene rings is 2. The van der Waals surface area contributed by atoms with Crippen molar-refractivity contribution in [1.82, 2.24) is 20.5 Å². The smallest absolute Gasteiger partial charge is 0.410 e. The normalized spacial score (nSPS) is 16.4. The van der Waals surface area contributed by atoms with Gasteiger partial charge < -0.3 is 34.5 Å². The van der Waals surface area contributed by atoms with Gasteiger partial charge in [-0.15, -0.1) is 0 Å². The Labute approximate surface area is 272 Å². The topological polar surface area (TPSA) is 145 Å². The second-order valence-corrected chi connectivity index (χ2v) is 11.9. The lowest BCUT2D eigenvalue weighted by molar-refractivity contribution is 0.0240. The summed E-state index contributed by atoms with van der Waals surface area (Å²) in [5.74, 6) is -2.56. The summed E-state index contributed by atoms with van der Waals surface area (Å²) in [7, 11) is 2.68. The largest absolute Gasteiger partial charge is 0.494 e. The van der Waals surface area contributed by atoms with E-state index in [-0.39, 0.29) is 47.4 Å². The zero-order chi connectivity index (χ0) is 34.1. The van der Waals surface area contributed by atoms with Crippen LogP contribution in [0.1, 0.15) is 70.3 Å². The third-order valence-electron chi connectivity index (χ3n) is 7.33. The minimum atomic E-state index is -0.887. The maximum Gasteiger partial charge on any atom is 0.410 e. The lowest BCUT2D eigenvalue weighted by Gasteiger charge is -2.31. The molecule has 0 bridgehead atoms. The lowest BCUT2D eigenvalue weighted by Crippen LogP contribution is -2.55. The van der Waals surface area contributed by atoms with E-state index in [1.54, 1.807) is 32.9 Å². The molecule has 2 atom stereocenters. The van der Waals surface area contributed by atoms with Gasteiger partial charge in [-0.1, -0.05) is 12.1 Å². The highest BCUT2D eigenvalue weighted by Gasteiger charge is 2.34. The predicted molar refractivity (Wildman–Crippen MR) is 169 cm³/mol. The molecule has 1 fully saturated rings. The van der Waals surface area contributed by atoms with Crippen molar-refractivity contribution in [2.24, 2.45) is 0 Å². The summed E-state index contributed by atoms with van der Waals surface area (Å²) in [6.07, 6.45) is 3.48. The van der Waals surface area contributed by atoms with Gasteiger partial charge in [-0.25, -0.2) is 9.18 Å². The van der Waals surface area contributed by atoms with E-state index in [2.05, 4.69) is 15.6 Å². The van der Waals surface area contributed by atoms with Crippen LogP contribution in [-0.2, 0) is 9.47 Å². The van der Waals surface area contributed by atoms with Crippen molar-refractivity contribution in [3.05, 3.63) is 89.0 Å². The fraction of sp³-hybridized carbons (Fsp3) is 0.382. The molecule has 47 heavy (non-hydrogen) atoms. The monoisotopic (exact) mass is 650 g/mol. The van der Waals surface area contributed by atoms with E-state index in [9.17, 15) is 19.2 Å². The molecule has 1 aliphatic rings. The molecule has 12 nitrogen and oxygen atoms in total. The number of rotatable bonds is 10. The number of amides is 3. The summed E-state index contributed by atoms with van der Waals surface area (Å²) < 4.78 is 36.1. The molecule has 250 valence electrons. The first-order chi connectivity index (χ1) is 22.4. The molecular formula is C34H39FN4O8. The number of nitrogens with zero attached hydrogens (tertiary/aromatic N) is 2. The second kappa shape index (κ2) is 15.5. The first kappa shape index (κ1) is 34.8. The summed E-state index contributed by atoms with van der Waals surface area (Å²) >= 11 is 0. The Morgan fingerprint density at radius 2 is 1.47 bits per heavy atom. The molecule has 2 heterocycles. The van der Waals surface area contributed by atoms with Crippen molar-refractivity contribution >= 4 is 23.7 Å². The van der Waals surface area contributed by atoms with Crippen LogP contribution in [0, 0.1) is 5.82 Å². The molecule has 0 saturated carbocycles. The van der Waals surface area contributed by atoms with Crippen molar-refractivity contribution in [2.45, 2.75) is 51.3 Å². The van der Waals surface area contributed by atoms with Crippen LogP contribution >= 0.6 is 0 Å². The van der Waals surface area contributed by atoms with Crippen LogP contribution in [0.15, 0.2) is 60.9 Å². The van der Waals surface area contributed by atoms with Crippen LogP contribution in [0.4, 0.5) is 9.18 Å². The van der Waals surface area contributed by atoms with Gasteiger partial charge in [0.2, 0.25) is 0 Å². The standard InChI is InChI=1S/C34H39FN4O8/c1-34(2,3)47-33(43)39-18-6-7-24(25(19-39)38-32(42)23-14-16-36-17-15-23)37-31(41)22-10-8-21(9-11-22)30(40)28-26(46-20-44-4)12-13-27(45-5)29(28)35/h8-17,24-25H,6-7,18-20H2,1-5H3,(H,37,41)(H,38,42)/t24-,25-/m1/s1. The average molecular weight is 651 g/mol. The van der Waals surface area contributed by atoms with Gasteiger partial charge in [0.25, 0.3) is 11.8 Å². The predicted octanol–water partition coefficient (Wildman–Crippen LogP) is 4.37. The molecule has 0 aliphatic carbocycles. The Kier molecular flexibility index (Phi) is 11.5. The fourth-order valence-electron chi connectivity index (χ4n) is 5.05. The number of ketones is 1. The maximum atomic E-state index is 15.2. The minimum absolute atomic E-state index is 0.0226. The van der Waals surface area contributed by atoms with Gasteiger partial charge in [0.15, 0.2) is 24.1 Å². The van der Waals surface area contributed by atoms with E-state index in [0.717, 1.165) is 0 Å². The highest BCUT2D eigenvalue weighted by molar-refractivity contribution is 6.11. The van der Waals surface area contributed by atoms with Gasteiger partial charge >= 0.3 is 6.09 Å². The van der Waals surface area contributed by atoms with Gasteiger partial charge in [0.1, 0.15) is 16.9 Å². The minimum Gasteiger partial charge on any atom is -0.494 e. The Balaban J connectivity index is 1.54. The molecule has 13 heteroatoms. The molecule has 3 amide bonds. The number of carbonyl (C=O) groups excluding carboxylic acids is 4. The van der Waals surface area contributed by atoms with Gasteiger partial charge in [-0.05, 0) is 70.0 Å². The van der Waals surface area contributed by atoms with Crippen LogP contribution < -0.4 is 20.1 Å². The summed E-state index contributed by atoms with van der Waals surface area (Å²) in [6.45, 7) is 5.59. The molecule has 3 aromatic rings. The first-order valence-electron chi connectivity index (χ1n) is 15.0. The highest BCUT2D eigenvalue weighted by Crippen LogP contribution is 2.31. The number of aromatic nitrogens is 1. The number of hydrogen-bond acceptors (Lipinski definition) is 9. The number of likely N-dealkylation sites (tertiary alicyclic amines) is 1. The van der Waals surface area contributed by atoms with E-state index in [1.807, 2.05) is 0 Å². The summed E-state index contributed by atoms with van der Waals surface area (Å²) in [5.41, 5.74) is -0.324. The van der Waals surface area contributed by atoms with Crippen LogP contribution in [0.25, 0.3) is 0 Å². The summed E-state index contributed by atoms with van der Waals surface area (Å²) in [6, 6.07) is 10.4. The van der Waals surface area contributed by atoms with Crippen molar-refractivity contribution in [1.29, 1.82) is 0 Å². The molecule has 1 aliphatic heterocycles. The van der Waals surface area contributed by atoms with Crippen LogP contribution in [0.2, 0.25) is 0 Å². The fourth-order valence-corrected chi connectivity index (χ4v) is 5.05. The number of halogens is 1. The van der Waals surface area contributed by atoms with Crippen molar-refractivity contribution in [3.63, 3.8) is 0 Å². The van der Waals surface area contributed by atoms with Crippen molar-refractivity contribution in [2.75, 3.05) is 34.1 Å². The van der Waals surface area contributed by atoms with E-state index >= 15 is 4.39 Å². The Bertz CT molecular complexity index is 1580. The zero-order valence-corrected chi connectivity index (χ0v) is 27.0. The van der Waals surface area contributed by atoms with E-state index in [1.165, 1.54) is 67.9 Å². The Morgan fingerprint density at radius 1 is 0.872 bits per heavy atom. The molecule has 1 saturated heterocycles. The Hall–Kier alpha value is -5.04.